The number of anilines is 1. The summed E-state index contributed by atoms with van der Waals surface area (Å²) in [5.74, 6) is 0. The molecule has 0 atom stereocenters. The first-order valence-electron chi connectivity index (χ1n) is 4.78. The second-order valence-corrected chi connectivity index (χ2v) is 4.35. The van der Waals surface area contributed by atoms with E-state index in [0.717, 1.165) is 31.9 Å². The van der Waals surface area contributed by atoms with Gasteiger partial charge in [-0.05, 0) is 18.2 Å². The fourth-order valence-corrected chi connectivity index (χ4v) is 2.24. The molecule has 1 aliphatic heterocycles. The fraction of sp³-hybridized carbons (Fsp3) is 0.400. The molecule has 0 bridgehead atoms. The van der Waals surface area contributed by atoms with Crippen LogP contribution in [0.2, 0.25) is 10.0 Å². The summed E-state index contributed by atoms with van der Waals surface area (Å²) in [4.78, 5) is 2.32. The Kier molecular flexibility index (Phi) is 3.16. The van der Waals surface area contributed by atoms with Crippen LogP contribution in [0.1, 0.15) is 0 Å². The van der Waals surface area contributed by atoms with Gasteiger partial charge in [-0.3, -0.25) is 0 Å². The molecule has 0 spiro atoms. The summed E-state index contributed by atoms with van der Waals surface area (Å²) in [7, 11) is 0. The third-order valence-electron chi connectivity index (χ3n) is 2.42. The number of halogens is 2. The molecule has 0 amide bonds. The van der Waals surface area contributed by atoms with Crippen LogP contribution < -0.4 is 10.2 Å². The van der Waals surface area contributed by atoms with Crippen molar-refractivity contribution in [3.8, 4) is 0 Å². The molecule has 0 aliphatic carbocycles. The van der Waals surface area contributed by atoms with Gasteiger partial charge in [0.15, 0.2) is 0 Å². The summed E-state index contributed by atoms with van der Waals surface area (Å²) >= 11 is 11.9. The van der Waals surface area contributed by atoms with Crippen molar-refractivity contribution in [1.82, 2.24) is 0 Å². The summed E-state index contributed by atoms with van der Waals surface area (Å²) < 4.78 is 0. The topological polar surface area (TPSA) is 19.9 Å². The lowest BCUT2D eigenvalue weighted by molar-refractivity contribution is -0.655. The van der Waals surface area contributed by atoms with Crippen molar-refractivity contribution in [3.63, 3.8) is 0 Å². The molecule has 76 valence electrons. The van der Waals surface area contributed by atoms with E-state index in [1.807, 2.05) is 12.1 Å². The van der Waals surface area contributed by atoms with Gasteiger partial charge in [0.25, 0.3) is 0 Å². The number of hydrogen-bond donors (Lipinski definition) is 1. The van der Waals surface area contributed by atoms with Crippen LogP contribution in [0.15, 0.2) is 18.2 Å². The summed E-state index contributed by atoms with van der Waals surface area (Å²) in [6, 6.07) is 5.71. The number of hydrogen-bond acceptors (Lipinski definition) is 1. The Labute approximate surface area is 93.8 Å². The van der Waals surface area contributed by atoms with Crippen molar-refractivity contribution < 1.29 is 5.32 Å². The third-order valence-corrected chi connectivity index (χ3v) is 2.86. The number of rotatable bonds is 1. The molecule has 1 aliphatic rings. The van der Waals surface area contributed by atoms with Gasteiger partial charge in [0.2, 0.25) is 0 Å². The van der Waals surface area contributed by atoms with Crippen molar-refractivity contribution in [2.24, 2.45) is 0 Å². The number of piperazine rings is 1. The van der Waals surface area contributed by atoms with Crippen molar-refractivity contribution in [2.75, 3.05) is 31.1 Å². The van der Waals surface area contributed by atoms with Crippen LogP contribution in [0.25, 0.3) is 0 Å². The van der Waals surface area contributed by atoms with Gasteiger partial charge < -0.3 is 10.2 Å². The van der Waals surface area contributed by atoms with Gasteiger partial charge in [0, 0.05) is 15.7 Å². The maximum Gasteiger partial charge on any atom is 0.0934 e. The van der Waals surface area contributed by atoms with Crippen molar-refractivity contribution in [1.29, 1.82) is 0 Å². The predicted molar refractivity (Wildman–Crippen MR) is 60.3 cm³/mol. The monoisotopic (exact) mass is 231 g/mol. The molecule has 1 saturated heterocycles. The van der Waals surface area contributed by atoms with Crippen LogP contribution in [0.3, 0.4) is 0 Å². The number of quaternary nitrogens is 1. The Hall–Kier alpha value is -0.440. The van der Waals surface area contributed by atoms with Crippen LogP contribution >= 0.6 is 23.2 Å². The van der Waals surface area contributed by atoms with E-state index < -0.39 is 0 Å². The van der Waals surface area contributed by atoms with Gasteiger partial charge in [-0.25, -0.2) is 0 Å². The maximum atomic E-state index is 5.95. The molecule has 0 radical (unpaired) electrons. The molecular weight excluding hydrogens is 219 g/mol. The first-order valence-corrected chi connectivity index (χ1v) is 5.54. The van der Waals surface area contributed by atoms with E-state index in [4.69, 9.17) is 23.2 Å². The second kappa shape index (κ2) is 4.39. The highest BCUT2D eigenvalue weighted by Crippen LogP contribution is 2.25. The normalized spacial score (nSPS) is 17.1. The molecule has 1 heterocycles. The molecule has 1 fully saturated rings. The fourth-order valence-electron chi connectivity index (χ4n) is 1.73. The Morgan fingerprint density at radius 1 is 1.00 bits per heavy atom. The van der Waals surface area contributed by atoms with E-state index in [-0.39, 0.29) is 0 Å². The molecule has 2 nitrogen and oxygen atoms in total. The van der Waals surface area contributed by atoms with Gasteiger partial charge in [0.05, 0.1) is 26.2 Å². The van der Waals surface area contributed by atoms with Crippen molar-refractivity contribution in [3.05, 3.63) is 28.2 Å². The molecule has 0 aromatic heterocycles. The zero-order chi connectivity index (χ0) is 9.97. The summed E-state index contributed by atoms with van der Waals surface area (Å²) in [5.41, 5.74) is 1.13. The summed E-state index contributed by atoms with van der Waals surface area (Å²) in [5, 5.41) is 3.74. The highest BCUT2D eigenvalue weighted by Gasteiger charge is 2.13. The molecule has 0 unspecified atom stereocenters. The first kappa shape index (κ1) is 10.1. The molecule has 1 aromatic carbocycles. The molecule has 1 aromatic rings. The van der Waals surface area contributed by atoms with Crippen LogP contribution in [-0.2, 0) is 0 Å². The highest BCUT2D eigenvalue weighted by molar-refractivity contribution is 6.35. The number of nitrogens with two attached hydrogens (primary N) is 1. The van der Waals surface area contributed by atoms with Crippen LogP contribution in [0.5, 0.6) is 0 Å². The lowest BCUT2D eigenvalue weighted by Crippen LogP contribution is -2.89. The van der Waals surface area contributed by atoms with Gasteiger partial charge in [-0.1, -0.05) is 23.2 Å². The van der Waals surface area contributed by atoms with Crippen LogP contribution in [0, 0.1) is 0 Å². The minimum Gasteiger partial charge on any atom is -0.360 e. The lowest BCUT2D eigenvalue weighted by Gasteiger charge is -2.27. The summed E-state index contributed by atoms with van der Waals surface area (Å²) in [6.07, 6.45) is 0. The van der Waals surface area contributed by atoms with Gasteiger partial charge in [-0.2, -0.15) is 0 Å². The van der Waals surface area contributed by atoms with E-state index in [1.165, 1.54) is 0 Å². The number of nitrogens with zero attached hydrogens (tertiary/aromatic N) is 1. The van der Waals surface area contributed by atoms with Gasteiger partial charge in [0.1, 0.15) is 0 Å². The maximum absolute atomic E-state index is 5.95. The standard InChI is InChI=1S/C10H12Cl2N2/c11-8-5-9(12)7-10(6-8)14-3-1-13-2-4-14/h5-7,13H,1-4H2/p+1. The smallest absolute Gasteiger partial charge is 0.0934 e. The minimum atomic E-state index is 0.710. The molecule has 2 rings (SSSR count). The minimum absolute atomic E-state index is 0.710. The average Bonchev–Trinajstić information content (AvgIpc) is 2.18. The zero-order valence-corrected chi connectivity index (χ0v) is 9.35. The summed E-state index contributed by atoms with van der Waals surface area (Å²) in [6.45, 7) is 4.42. The van der Waals surface area contributed by atoms with Crippen LogP contribution in [0.4, 0.5) is 5.69 Å². The third kappa shape index (κ3) is 2.32. The predicted octanol–water partition coefficient (Wildman–Crippen LogP) is 1.38. The van der Waals surface area contributed by atoms with Gasteiger partial charge >= 0.3 is 0 Å². The first-order chi connectivity index (χ1) is 6.75. The second-order valence-electron chi connectivity index (χ2n) is 3.48. The molecule has 14 heavy (non-hydrogen) atoms. The largest absolute Gasteiger partial charge is 0.360 e. The Morgan fingerprint density at radius 3 is 2.14 bits per heavy atom. The molecule has 2 N–H and O–H groups in total. The van der Waals surface area contributed by atoms with E-state index in [0.29, 0.717) is 10.0 Å². The molecule has 0 saturated carbocycles. The van der Waals surface area contributed by atoms with E-state index in [9.17, 15) is 0 Å². The Morgan fingerprint density at radius 2 is 1.57 bits per heavy atom. The quantitative estimate of drug-likeness (QED) is 0.775. The Bertz CT molecular complexity index is 302. The average molecular weight is 232 g/mol. The Balaban J connectivity index is 2.21. The van der Waals surface area contributed by atoms with Gasteiger partial charge in [-0.15, -0.1) is 0 Å². The van der Waals surface area contributed by atoms with Crippen LogP contribution in [-0.4, -0.2) is 26.2 Å². The zero-order valence-electron chi connectivity index (χ0n) is 7.84. The lowest BCUT2D eigenvalue weighted by atomic mass is 10.2. The van der Waals surface area contributed by atoms with E-state index in [1.54, 1.807) is 6.07 Å². The van der Waals surface area contributed by atoms with E-state index >= 15 is 0 Å². The van der Waals surface area contributed by atoms with Crippen molar-refractivity contribution in [2.45, 2.75) is 0 Å². The molecular formula is C10H13Cl2N2+. The van der Waals surface area contributed by atoms with E-state index in [2.05, 4.69) is 10.2 Å². The SMILES string of the molecule is Clc1cc(Cl)cc(N2CC[NH2+]CC2)c1. The molecule has 4 heteroatoms. The highest BCUT2D eigenvalue weighted by atomic mass is 35.5. The van der Waals surface area contributed by atoms with Crippen molar-refractivity contribution >= 4 is 28.9 Å². The number of benzene rings is 1.